The summed E-state index contributed by atoms with van der Waals surface area (Å²) >= 11 is 0. The summed E-state index contributed by atoms with van der Waals surface area (Å²) in [4.78, 5) is 20.4. The number of rotatable bonds is 3. The van der Waals surface area contributed by atoms with Crippen molar-refractivity contribution in [2.75, 3.05) is 37.7 Å². The van der Waals surface area contributed by atoms with E-state index in [1.807, 2.05) is 26.0 Å². The summed E-state index contributed by atoms with van der Waals surface area (Å²) in [6.45, 7) is 9.44. The van der Waals surface area contributed by atoms with Crippen molar-refractivity contribution in [1.82, 2.24) is 14.5 Å². The van der Waals surface area contributed by atoms with Gasteiger partial charge in [0.15, 0.2) is 0 Å². The van der Waals surface area contributed by atoms with Crippen LogP contribution in [0.2, 0.25) is 0 Å². The van der Waals surface area contributed by atoms with E-state index in [1.165, 1.54) is 4.90 Å². The molecule has 0 saturated carbocycles. The lowest BCUT2D eigenvalue weighted by molar-refractivity contribution is 0.0364. The van der Waals surface area contributed by atoms with Gasteiger partial charge in [0.05, 0.1) is 29.9 Å². The minimum atomic E-state index is -0.888. The molecule has 1 atom stereocenters. The van der Waals surface area contributed by atoms with Crippen molar-refractivity contribution in [2.45, 2.75) is 39.3 Å². The van der Waals surface area contributed by atoms with E-state index >= 15 is 0 Å². The summed E-state index contributed by atoms with van der Waals surface area (Å²) in [6, 6.07) is 3.98. The van der Waals surface area contributed by atoms with Crippen LogP contribution in [0, 0.1) is 6.92 Å². The van der Waals surface area contributed by atoms with E-state index in [0.717, 1.165) is 80.3 Å². The van der Waals surface area contributed by atoms with Gasteiger partial charge in [0.25, 0.3) is 0 Å². The number of ether oxygens (including phenoxy) is 1. The average molecular weight is 358 g/mol. The molecule has 1 unspecified atom stereocenters. The van der Waals surface area contributed by atoms with E-state index in [1.54, 1.807) is 0 Å². The van der Waals surface area contributed by atoms with Crippen molar-refractivity contribution < 1.29 is 14.6 Å². The third kappa shape index (κ3) is 2.95. The number of anilines is 1. The van der Waals surface area contributed by atoms with Gasteiger partial charge in [0.2, 0.25) is 0 Å². The van der Waals surface area contributed by atoms with Crippen LogP contribution in [0.15, 0.2) is 12.1 Å². The van der Waals surface area contributed by atoms with Crippen LogP contribution in [0.5, 0.6) is 0 Å². The van der Waals surface area contributed by atoms with Crippen molar-refractivity contribution in [3.63, 3.8) is 0 Å². The molecule has 2 aliphatic rings. The first-order chi connectivity index (χ1) is 12.6. The highest BCUT2D eigenvalue weighted by atomic mass is 16.5. The van der Waals surface area contributed by atoms with E-state index < -0.39 is 6.09 Å². The Labute approximate surface area is 153 Å². The van der Waals surface area contributed by atoms with Gasteiger partial charge in [-0.3, -0.25) is 9.80 Å². The number of fused-ring (bicyclic) bond motifs is 3. The predicted molar refractivity (Wildman–Crippen MR) is 100 cm³/mol. The van der Waals surface area contributed by atoms with Gasteiger partial charge in [-0.05, 0) is 38.8 Å². The van der Waals surface area contributed by atoms with E-state index in [0.29, 0.717) is 0 Å². The molecule has 1 N–H and O–H groups in total. The number of aryl methyl sites for hydroxylation is 2. The number of imidazole rings is 1. The number of hydrogen-bond acceptors (Lipinski definition) is 4. The molecule has 4 rings (SSSR count). The van der Waals surface area contributed by atoms with Gasteiger partial charge in [-0.1, -0.05) is 0 Å². The smallest absolute Gasteiger partial charge is 0.412 e. The third-order valence-electron chi connectivity index (χ3n) is 5.65. The third-order valence-corrected chi connectivity index (χ3v) is 5.65. The fraction of sp³-hybridized carbons (Fsp3) is 0.579. The molecular formula is C19H26N4O3. The Balaban J connectivity index is 1.67. The summed E-state index contributed by atoms with van der Waals surface area (Å²) in [7, 11) is 0. The molecule has 2 aliphatic heterocycles. The molecule has 0 bridgehead atoms. The molecule has 1 aromatic heterocycles. The fourth-order valence-electron chi connectivity index (χ4n) is 4.18. The molecule has 3 heterocycles. The molecular weight excluding hydrogens is 332 g/mol. The number of benzene rings is 1. The highest BCUT2D eigenvalue weighted by Crippen LogP contribution is 2.36. The molecule has 1 amide bonds. The van der Waals surface area contributed by atoms with Gasteiger partial charge in [0.1, 0.15) is 5.82 Å². The fourth-order valence-corrected chi connectivity index (χ4v) is 4.18. The van der Waals surface area contributed by atoms with Crippen molar-refractivity contribution in [1.29, 1.82) is 0 Å². The molecule has 1 fully saturated rings. The van der Waals surface area contributed by atoms with Gasteiger partial charge < -0.3 is 14.4 Å². The lowest BCUT2D eigenvalue weighted by Gasteiger charge is -2.33. The minimum Gasteiger partial charge on any atom is -0.465 e. The Morgan fingerprint density at radius 1 is 1.31 bits per heavy atom. The summed E-state index contributed by atoms with van der Waals surface area (Å²) in [6.07, 6.45) is 0.816. The number of morpholine rings is 1. The SMILES string of the molecule is Cc1nc2c3c(ccc2n1CCN1CCOCC1)N(C(=O)O)C(C)CC3. The zero-order chi connectivity index (χ0) is 18.3. The highest BCUT2D eigenvalue weighted by molar-refractivity contribution is 5.94. The first-order valence-electron chi connectivity index (χ1n) is 9.37. The monoisotopic (exact) mass is 358 g/mol. The van der Waals surface area contributed by atoms with Gasteiger partial charge in [0, 0.05) is 37.8 Å². The van der Waals surface area contributed by atoms with Gasteiger partial charge >= 0.3 is 6.09 Å². The lowest BCUT2D eigenvalue weighted by Crippen LogP contribution is -2.41. The normalized spacial score (nSPS) is 21.2. The average Bonchev–Trinajstić information content (AvgIpc) is 2.95. The van der Waals surface area contributed by atoms with Crippen LogP contribution >= 0.6 is 0 Å². The second kappa shape index (κ2) is 6.89. The number of hydrogen-bond donors (Lipinski definition) is 1. The number of amides is 1. The van der Waals surface area contributed by atoms with Crippen LogP contribution in [-0.4, -0.2) is 64.5 Å². The predicted octanol–water partition coefficient (Wildman–Crippen LogP) is 2.50. The number of aromatic nitrogens is 2. The summed E-state index contributed by atoms with van der Waals surface area (Å²) in [5.41, 5.74) is 3.92. The van der Waals surface area contributed by atoms with Crippen molar-refractivity contribution in [3.05, 3.63) is 23.5 Å². The Bertz CT molecular complexity index is 826. The van der Waals surface area contributed by atoms with Crippen LogP contribution < -0.4 is 4.90 Å². The zero-order valence-corrected chi connectivity index (χ0v) is 15.4. The molecule has 1 saturated heterocycles. The molecule has 1 aromatic carbocycles. The topological polar surface area (TPSA) is 70.8 Å². The van der Waals surface area contributed by atoms with Gasteiger partial charge in [-0.15, -0.1) is 0 Å². The van der Waals surface area contributed by atoms with E-state index in [4.69, 9.17) is 9.72 Å². The largest absolute Gasteiger partial charge is 0.465 e. The van der Waals surface area contributed by atoms with E-state index in [2.05, 4.69) is 9.47 Å². The Hall–Kier alpha value is -2.12. The van der Waals surface area contributed by atoms with Crippen molar-refractivity contribution in [2.24, 2.45) is 0 Å². The zero-order valence-electron chi connectivity index (χ0n) is 15.4. The maximum Gasteiger partial charge on any atom is 0.412 e. The maximum absolute atomic E-state index is 11.7. The highest BCUT2D eigenvalue weighted by Gasteiger charge is 2.30. The molecule has 140 valence electrons. The molecule has 7 heteroatoms. The summed E-state index contributed by atoms with van der Waals surface area (Å²) < 4.78 is 7.68. The molecule has 0 aliphatic carbocycles. The lowest BCUT2D eigenvalue weighted by atomic mass is 9.96. The van der Waals surface area contributed by atoms with Crippen LogP contribution in [0.3, 0.4) is 0 Å². The Morgan fingerprint density at radius 2 is 2.08 bits per heavy atom. The summed E-state index contributed by atoms with van der Waals surface area (Å²) in [5, 5.41) is 9.60. The molecule has 26 heavy (non-hydrogen) atoms. The number of carboxylic acid groups (broad SMARTS) is 1. The van der Waals surface area contributed by atoms with E-state index in [9.17, 15) is 9.90 Å². The standard InChI is InChI=1S/C19H26N4O3/c1-13-3-4-15-16(23(13)19(24)25)5-6-17-18(15)20-14(2)22(17)8-7-21-9-11-26-12-10-21/h5-6,13H,3-4,7-12H2,1-2H3,(H,24,25). The molecule has 0 radical (unpaired) electrons. The second-order valence-electron chi connectivity index (χ2n) is 7.24. The van der Waals surface area contributed by atoms with Crippen LogP contribution in [-0.2, 0) is 17.7 Å². The van der Waals surface area contributed by atoms with Crippen LogP contribution in [0.1, 0.15) is 24.7 Å². The first-order valence-corrected chi connectivity index (χ1v) is 9.37. The van der Waals surface area contributed by atoms with Crippen LogP contribution in [0.4, 0.5) is 10.5 Å². The second-order valence-corrected chi connectivity index (χ2v) is 7.24. The number of nitrogens with zero attached hydrogens (tertiary/aromatic N) is 4. The quantitative estimate of drug-likeness (QED) is 0.913. The minimum absolute atomic E-state index is 0.00181. The molecule has 0 spiro atoms. The van der Waals surface area contributed by atoms with Crippen molar-refractivity contribution >= 4 is 22.8 Å². The Morgan fingerprint density at radius 3 is 2.81 bits per heavy atom. The van der Waals surface area contributed by atoms with Crippen LogP contribution in [0.25, 0.3) is 11.0 Å². The van der Waals surface area contributed by atoms with E-state index in [-0.39, 0.29) is 6.04 Å². The maximum atomic E-state index is 11.7. The molecule has 7 nitrogen and oxygen atoms in total. The molecule has 2 aromatic rings. The van der Waals surface area contributed by atoms with Gasteiger partial charge in [-0.2, -0.15) is 0 Å². The van der Waals surface area contributed by atoms with Gasteiger partial charge in [-0.25, -0.2) is 9.78 Å². The summed E-state index contributed by atoms with van der Waals surface area (Å²) in [5.74, 6) is 0.988. The number of carbonyl (C=O) groups is 1. The first kappa shape index (κ1) is 17.3. The Kier molecular flexibility index (Phi) is 4.58. The van der Waals surface area contributed by atoms with Crippen molar-refractivity contribution in [3.8, 4) is 0 Å².